The van der Waals surface area contributed by atoms with Crippen molar-refractivity contribution in [3.63, 3.8) is 0 Å². The van der Waals surface area contributed by atoms with E-state index in [9.17, 15) is 9.59 Å². The Bertz CT molecular complexity index is 1450. The highest BCUT2D eigenvalue weighted by molar-refractivity contribution is 6.07. The number of hydrogen-bond donors (Lipinski definition) is 0. The van der Waals surface area contributed by atoms with E-state index in [0.29, 0.717) is 6.42 Å². The van der Waals surface area contributed by atoms with E-state index in [0.717, 1.165) is 28.1 Å². The molecule has 0 spiro atoms. The molecule has 0 N–H and O–H groups in total. The third kappa shape index (κ3) is 5.50. The lowest BCUT2D eigenvalue weighted by Gasteiger charge is -2.43. The van der Waals surface area contributed by atoms with Crippen LogP contribution in [0.4, 0.5) is 11.4 Å². The summed E-state index contributed by atoms with van der Waals surface area (Å²) in [5.41, 5.74) is 4.55. The van der Waals surface area contributed by atoms with Crippen molar-refractivity contribution in [2.24, 2.45) is 0 Å². The van der Waals surface area contributed by atoms with Gasteiger partial charge < -0.3 is 9.80 Å². The number of carbonyl (C=O) groups is 2. The minimum Gasteiger partial charge on any atom is -0.306 e. The van der Waals surface area contributed by atoms with E-state index < -0.39 is 0 Å². The van der Waals surface area contributed by atoms with Crippen molar-refractivity contribution in [2.75, 3.05) is 9.80 Å². The zero-order valence-electron chi connectivity index (χ0n) is 21.4. The van der Waals surface area contributed by atoms with Crippen LogP contribution >= 0.6 is 0 Å². The van der Waals surface area contributed by atoms with Crippen molar-refractivity contribution in [1.82, 2.24) is 0 Å². The van der Waals surface area contributed by atoms with E-state index in [2.05, 4.69) is 0 Å². The zero-order chi connectivity index (χ0) is 26.3. The minimum atomic E-state index is -0.223. The molecule has 5 rings (SSSR count). The average molecular weight is 499 g/mol. The van der Waals surface area contributed by atoms with Gasteiger partial charge in [-0.25, -0.2) is 0 Å². The van der Waals surface area contributed by atoms with Gasteiger partial charge in [-0.1, -0.05) is 97.1 Å². The van der Waals surface area contributed by atoms with Crippen LogP contribution in [0.3, 0.4) is 0 Å². The molecule has 0 radical (unpaired) electrons. The number of carbonyl (C=O) groups excluding carboxylic acids is 2. The first-order chi connectivity index (χ1) is 18.6. The first-order valence-electron chi connectivity index (χ1n) is 12.9. The van der Waals surface area contributed by atoms with Gasteiger partial charge in [0, 0.05) is 29.6 Å². The molecule has 0 aromatic heterocycles. The summed E-state index contributed by atoms with van der Waals surface area (Å²) in [6.07, 6.45) is 7.57. The fourth-order valence-electron chi connectivity index (χ4n) is 5.04. The molecule has 38 heavy (non-hydrogen) atoms. The molecule has 1 aliphatic rings. The Morgan fingerprint density at radius 2 is 1.24 bits per heavy atom. The highest BCUT2D eigenvalue weighted by Gasteiger charge is 2.37. The van der Waals surface area contributed by atoms with Gasteiger partial charge in [0.15, 0.2) is 0 Å². The average Bonchev–Trinajstić information content (AvgIpc) is 2.96. The van der Waals surface area contributed by atoms with E-state index in [1.165, 1.54) is 0 Å². The number of benzene rings is 4. The van der Waals surface area contributed by atoms with Gasteiger partial charge in [-0.3, -0.25) is 9.59 Å². The summed E-state index contributed by atoms with van der Waals surface area (Å²) >= 11 is 0. The van der Waals surface area contributed by atoms with Crippen LogP contribution in [0.25, 0.3) is 12.2 Å². The standard InChI is InChI=1S/C34H30N2O2/c1-26-25-32(36(29-17-9-4-10-18-29)34(38)24-22-28-15-7-3-8-16-28)30-19-11-12-20-31(30)35(26)33(37)23-21-27-13-5-2-6-14-27/h2-24,26,32H,25H2,1H3/b23-21+,24-22+/t26-,32-/m1/s1. The molecular formula is C34H30N2O2. The molecule has 1 aliphatic heterocycles. The van der Waals surface area contributed by atoms with E-state index in [1.54, 1.807) is 12.2 Å². The van der Waals surface area contributed by atoms with E-state index in [-0.39, 0.29) is 23.9 Å². The summed E-state index contributed by atoms with van der Waals surface area (Å²) in [6.45, 7) is 2.05. The molecule has 0 saturated carbocycles. The van der Waals surface area contributed by atoms with Crippen molar-refractivity contribution >= 4 is 35.3 Å². The highest BCUT2D eigenvalue weighted by atomic mass is 16.2. The first-order valence-corrected chi connectivity index (χ1v) is 12.9. The number of para-hydroxylation sites is 2. The normalized spacial score (nSPS) is 16.9. The predicted octanol–water partition coefficient (Wildman–Crippen LogP) is 7.31. The summed E-state index contributed by atoms with van der Waals surface area (Å²) in [6, 6.07) is 36.9. The van der Waals surface area contributed by atoms with Gasteiger partial charge in [-0.2, -0.15) is 0 Å². The first kappa shape index (κ1) is 25.0. The van der Waals surface area contributed by atoms with Crippen molar-refractivity contribution in [3.8, 4) is 0 Å². The van der Waals surface area contributed by atoms with E-state index in [1.807, 2.05) is 144 Å². The van der Waals surface area contributed by atoms with Crippen LogP contribution in [0.5, 0.6) is 0 Å². The second-order valence-electron chi connectivity index (χ2n) is 9.40. The highest BCUT2D eigenvalue weighted by Crippen LogP contribution is 2.42. The smallest absolute Gasteiger partial charge is 0.251 e. The van der Waals surface area contributed by atoms with E-state index in [4.69, 9.17) is 0 Å². The van der Waals surface area contributed by atoms with Crippen molar-refractivity contribution < 1.29 is 9.59 Å². The second-order valence-corrected chi connectivity index (χ2v) is 9.40. The Balaban J connectivity index is 1.50. The summed E-state index contributed by atoms with van der Waals surface area (Å²) in [5.74, 6) is -0.176. The number of rotatable bonds is 6. The number of anilines is 2. The molecule has 2 atom stereocenters. The second kappa shape index (κ2) is 11.6. The third-order valence-electron chi connectivity index (χ3n) is 6.82. The van der Waals surface area contributed by atoms with Gasteiger partial charge in [0.1, 0.15) is 0 Å². The molecule has 188 valence electrons. The summed E-state index contributed by atoms with van der Waals surface area (Å²) < 4.78 is 0. The topological polar surface area (TPSA) is 40.6 Å². The molecule has 4 heteroatoms. The maximum Gasteiger partial charge on any atom is 0.251 e. The molecule has 4 aromatic rings. The molecule has 4 nitrogen and oxygen atoms in total. The molecule has 0 unspecified atom stereocenters. The van der Waals surface area contributed by atoms with Gasteiger partial charge in [-0.05, 0) is 60.4 Å². The quantitative estimate of drug-likeness (QED) is 0.262. The molecular weight excluding hydrogens is 468 g/mol. The Labute approximate surface area is 224 Å². The van der Waals surface area contributed by atoms with Crippen molar-refractivity contribution in [3.05, 3.63) is 144 Å². The monoisotopic (exact) mass is 498 g/mol. The maximum absolute atomic E-state index is 13.8. The van der Waals surface area contributed by atoms with Crippen LogP contribution in [-0.2, 0) is 9.59 Å². The van der Waals surface area contributed by atoms with Crippen LogP contribution < -0.4 is 9.80 Å². The van der Waals surface area contributed by atoms with Crippen LogP contribution in [0.15, 0.2) is 127 Å². The lowest BCUT2D eigenvalue weighted by atomic mass is 9.89. The molecule has 0 fully saturated rings. The summed E-state index contributed by atoms with van der Waals surface area (Å²) in [7, 11) is 0. The van der Waals surface area contributed by atoms with E-state index >= 15 is 0 Å². The maximum atomic E-state index is 13.8. The van der Waals surface area contributed by atoms with Crippen LogP contribution in [0.2, 0.25) is 0 Å². The Morgan fingerprint density at radius 3 is 1.87 bits per heavy atom. The lowest BCUT2D eigenvalue weighted by Crippen LogP contribution is -2.47. The van der Waals surface area contributed by atoms with Gasteiger partial charge in [0.05, 0.1) is 6.04 Å². The molecule has 0 saturated heterocycles. The third-order valence-corrected chi connectivity index (χ3v) is 6.82. The fourth-order valence-corrected chi connectivity index (χ4v) is 5.04. The lowest BCUT2D eigenvalue weighted by molar-refractivity contribution is -0.114. The van der Waals surface area contributed by atoms with Gasteiger partial charge in [-0.15, -0.1) is 0 Å². The van der Waals surface area contributed by atoms with Gasteiger partial charge >= 0.3 is 0 Å². The molecule has 1 heterocycles. The molecule has 0 aliphatic carbocycles. The summed E-state index contributed by atoms with van der Waals surface area (Å²) in [5, 5.41) is 0. The Kier molecular flexibility index (Phi) is 7.60. The van der Waals surface area contributed by atoms with Crippen LogP contribution in [0.1, 0.15) is 36.1 Å². The van der Waals surface area contributed by atoms with Gasteiger partial charge in [0.25, 0.3) is 11.8 Å². The summed E-state index contributed by atoms with van der Waals surface area (Å²) in [4.78, 5) is 30.9. The molecule has 4 aromatic carbocycles. The largest absolute Gasteiger partial charge is 0.306 e. The Morgan fingerprint density at radius 1 is 0.711 bits per heavy atom. The molecule has 2 amide bonds. The number of hydrogen-bond acceptors (Lipinski definition) is 2. The predicted molar refractivity (Wildman–Crippen MR) is 156 cm³/mol. The van der Waals surface area contributed by atoms with Crippen LogP contribution in [-0.4, -0.2) is 17.9 Å². The number of nitrogens with zero attached hydrogens (tertiary/aromatic N) is 2. The van der Waals surface area contributed by atoms with Crippen LogP contribution in [0, 0.1) is 0 Å². The molecule has 0 bridgehead atoms. The SMILES string of the molecule is C[C@@H]1C[C@@H](N(C(=O)/C=C/c2ccccc2)c2ccccc2)c2ccccc2N1C(=O)/C=C/c1ccccc1. The number of amides is 2. The fraction of sp³-hybridized carbons (Fsp3) is 0.118. The minimum absolute atomic E-state index is 0.0752. The zero-order valence-corrected chi connectivity index (χ0v) is 21.4. The Hall–Kier alpha value is -4.70. The number of fused-ring (bicyclic) bond motifs is 1. The van der Waals surface area contributed by atoms with Crippen molar-refractivity contribution in [1.29, 1.82) is 0 Å². The van der Waals surface area contributed by atoms with Crippen molar-refractivity contribution in [2.45, 2.75) is 25.4 Å². The van der Waals surface area contributed by atoms with Gasteiger partial charge in [0.2, 0.25) is 0 Å².